The third kappa shape index (κ3) is 4.39. The topological polar surface area (TPSA) is 69.7 Å². The van der Waals surface area contributed by atoms with Crippen LogP contribution in [0.2, 0.25) is 0 Å². The van der Waals surface area contributed by atoms with Gasteiger partial charge in [0.1, 0.15) is 0 Å². The fraction of sp³-hybridized carbons (Fsp3) is 0.409. The Morgan fingerprint density at radius 1 is 1.07 bits per heavy atom. The third-order valence-electron chi connectivity index (χ3n) is 5.28. The lowest BCUT2D eigenvalue weighted by Gasteiger charge is -2.31. The van der Waals surface area contributed by atoms with E-state index in [1.807, 2.05) is 18.6 Å². The number of anilines is 1. The zero-order chi connectivity index (χ0) is 19.3. The first kappa shape index (κ1) is 18.6. The number of hydrogen-bond donors (Lipinski definition) is 2. The number of hydrogen-bond acceptors (Lipinski definition) is 5. The fourth-order valence-corrected chi connectivity index (χ4v) is 3.86. The van der Waals surface area contributed by atoms with E-state index in [0.717, 1.165) is 32.5 Å². The first-order valence-corrected chi connectivity index (χ1v) is 10.1. The summed E-state index contributed by atoms with van der Waals surface area (Å²) < 4.78 is 0. The zero-order valence-corrected chi connectivity index (χ0v) is 16.6. The molecule has 1 saturated heterocycles. The number of likely N-dealkylation sites (tertiary alicyclic amines) is 1. The van der Waals surface area contributed by atoms with Crippen molar-refractivity contribution in [3.05, 3.63) is 60.2 Å². The number of rotatable bonds is 6. The zero-order valence-electron chi connectivity index (χ0n) is 16.6. The fourth-order valence-electron chi connectivity index (χ4n) is 3.86. The van der Waals surface area contributed by atoms with Crippen LogP contribution in [0.1, 0.15) is 43.9 Å². The van der Waals surface area contributed by atoms with Gasteiger partial charge in [0.2, 0.25) is 5.95 Å². The van der Waals surface area contributed by atoms with Crippen molar-refractivity contribution in [3.63, 3.8) is 0 Å². The Kier molecular flexibility index (Phi) is 5.67. The summed E-state index contributed by atoms with van der Waals surface area (Å²) in [6, 6.07) is 10.9. The van der Waals surface area contributed by atoms with Crippen molar-refractivity contribution in [2.24, 2.45) is 0 Å². The Morgan fingerprint density at radius 2 is 1.79 bits per heavy atom. The van der Waals surface area contributed by atoms with Crippen molar-refractivity contribution in [2.75, 3.05) is 18.4 Å². The lowest BCUT2D eigenvalue weighted by Crippen LogP contribution is -2.32. The van der Waals surface area contributed by atoms with Gasteiger partial charge in [-0.05, 0) is 45.3 Å². The number of H-pyrrole nitrogens is 1. The van der Waals surface area contributed by atoms with Crippen LogP contribution in [-0.4, -0.2) is 44.2 Å². The Hall–Kier alpha value is -2.73. The largest absolute Gasteiger partial charge is 0.352 e. The quantitative estimate of drug-likeness (QED) is 0.679. The molecule has 0 atom stereocenters. The van der Waals surface area contributed by atoms with Gasteiger partial charge in [-0.1, -0.05) is 30.3 Å². The minimum atomic E-state index is 0.341. The average molecular weight is 377 g/mol. The van der Waals surface area contributed by atoms with Gasteiger partial charge >= 0.3 is 0 Å². The molecule has 0 aliphatic carbocycles. The Balaban J connectivity index is 1.35. The first-order chi connectivity index (χ1) is 13.7. The molecule has 1 aromatic carbocycles. The molecule has 3 aromatic rings. The Labute approximate surface area is 166 Å². The number of aromatic nitrogens is 4. The third-order valence-corrected chi connectivity index (χ3v) is 5.28. The first-order valence-electron chi connectivity index (χ1n) is 10.1. The van der Waals surface area contributed by atoms with E-state index in [0.29, 0.717) is 17.9 Å². The van der Waals surface area contributed by atoms with Crippen LogP contribution in [0.25, 0.3) is 11.1 Å². The normalized spacial score (nSPS) is 15.8. The second-order valence-electron chi connectivity index (χ2n) is 7.83. The second kappa shape index (κ2) is 8.52. The summed E-state index contributed by atoms with van der Waals surface area (Å²) in [5.41, 5.74) is 4.92. The summed E-state index contributed by atoms with van der Waals surface area (Å²) in [6.45, 7) is 7.23. The van der Waals surface area contributed by atoms with Gasteiger partial charge in [0.25, 0.3) is 0 Å². The molecule has 6 heteroatoms. The molecule has 0 unspecified atom stereocenters. The van der Waals surface area contributed by atoms with E-state index in [1.165, 1.54) is 22.4 Å². The van der Waals surface area contributed by atoms with Crippen LogP contribution < -0.4 is 5.32 Å². The van der Waals surface area contributed by atoms with Crippen molar-refractivity contribution >= 4 is 5.95 Å². The summed E-state index contributed by atoms with van der Waals surface area (Å²) >= 11 is 0. The van der Waals surface area contributed by atoms with E-state index in [2.05, 4.69) is 74.6 Å². The molecule has 2 N–H and O–H groups in total. The minimum absolute atomic E-state index is 0.341. The van der Waals surface area contributed by atoms with Crippen LogP contribution in [0.4, 0.5) is 5.95 Å². The Bertz CT molecular complexity index is 864. The molecule has 1 aliphatic rings. The van der Waals surface area contributed by atoms with Crippen molar-refractivity contribution in [1.82, 2.24) is 25.1 Å². The monoisotopic (exact) mass is 376 g/mol. The molecule has 1 aliphatic heterocycles. The van der Waals surface area contributed by atoms with Crippen LogP contribution in [0.15, 0.2) is 48.9 Å². The van der Waals surface area contributed by atoms with Gasteiger partial charge in [-0.2, -0.15) is 5.10 Å². The van der Waals surface area contributed by atoms with Crippen molar-refractivity contribution in [2.45, 2.75) is 45.2 Å². The lowest BCUT2D eigenvalue weighted by molar-refractivity contribution is 0.203. The molecular formula is C22H28N6. The Morgan fingerprint density at radius 3 is 2.46 bits per heavy atom. The molecule has 1 fully saturated rings. The van der Waals surface area contributed by atoms with Crippen LogP contribution in [0, 0.1) is 0 Å². The molecular weight excluding hydrogens is 348 g/mol. The second-order valence-corrected chi connectivity index (χ2v) is 7.83. The molecule has 0 amide bonds. The molecule has 2 aromatic heterocycles. The molecule has 0 bridgehead atoms. The van der Waals surface area contributed by atoms with Crippen molar-refractivity contribution in [1.29, 1.82) is 0 Å². The highest BCUT2D eigenvalue weighted by Gasteiger charge is 2.24. The van der Waals surface area contributed by atoms with Gasteiger partial charge < -0.3 is 5.32 Å². The number of nitrogens with zero attached hydrogens (tertiary/aromatic N) is 4. The van der Waals surface area contributed by atoms with Gasteiger partial charge in [-0.15, -0.1) is 0 Å². The maximum absolute atomic E-state index is 4.42. The average Bonchev–Trinajstić information content (AvgIpc) is 3.20. The van der Waals surface area contributed by atoms with Crippen LogP contribution in [0.5, 0.6) is 0 Å². The lowest BCUT2D eigenvalue weighted by atomic mass is 9.89. The van der Waals surface area contributed by atoms with Gasteiger partial charge in [-0.3, -0.25) is 10.00 Å². The van der Waals surface area contributed by atoms with Crippen molar-refractivity contribution < 1.29 is 0 Å². The molecule has 3 heterocycles. The molecule has 146 valence electrons. The standard InChI is InChI=1S/C22H28N6/c1-16(2)26-22-23-12-17(13-24-22)15-28-10-8-19(9-11-28)21-20(14-25-27-21)18-6-4-3-5-7-18/h3-7,12-14,16,19H,8-11,15H2,1-2H3,(H,25,27)(H,23,24,26). The highest BCUT2D eigenvalue weighted by Crippen LogP contribution is 2.34. The van der Waals surface area contributed by atoms with Crippen LogP contribution in [0.3, 0.4) is 0 Å². The van der Waals surface area contributed by atoms with Gasteiger partial charge in [0.15, 0.2) is 0 Å². The number of benzene rings is 1. The van der Waals surface area contributed by atoms with E-state index < -0.39 is 0 Å². The highest BCUT2D eigenvalue weighted by molar-refractivity contribution is 5.65. The van der Waals surface area contributed by atoms with E-state index in [-0.39, 0.29) is 0 Å². The van der Waals surface area contributed by atoms with E-state index in [4.69, 9.17) is 0 Å². The summed E-state index contributed by atoms with van der Waals surface area (Å²) in [5, 5.41) is 10.8. The maximum Gasteiger partial charge on any atom is 0.222 e. The smallest absolute Gasteiger partial charge is 0.222 e. The summed E-state index contributed by atoms with van der Waals surface area (Å²) in [5.74, 6) is 1.23. The van der Waals surface area contributed by atoms with E-state index in [9.17, 15) is 0 Å². The molecule has 0 saturated carbocycles. The highest BCUT2D eigenvalue weighted by atomic mass is 15.1. The maximum atomic E-state index is 4.42. The van der Waals surface area contributed by atoms with E-state index in [1.54, 1.807) is 0 Å². The van der Waals surface area contributed by atoms with E-state index >= 15 is 0 Å². The van der Waals surface area contributed by atoms with Gasteiger partial charge in [-0.25, -0.2) is 9.97 Å². The number of nitrogens with one attached hydrogen (secondary N) is 2. The molecule has 6 nitrogen and oxygen atoms in total. The number of aromatic amines is 1. The number of piperidine rings is 1. The van der Waals surface area contributed by atoms with Crippen molar-refractivity contribution in [3.8, 4) is 11.1 Å². The van der Waals surface area contributed by atoms with Gasteiger partial charge in [0, 0.05) is 47.7 Å². The predicted molar refractivity (Wildman–Crippen MR) is 112 cm³/mol. The SMILES string of the molecule is CC(C)Nc1ncc(CN2CCC(c3[nH]ncc3-c3ccccc3)CC2)cn1. The summed E-state index contributed by atoms with van der Waals surface area (Å²) in [7, 11) is 0. The predicted octanol–water partition coefficient (Wildman–Crippen LogP) is 4.07. The van der Waals surface area contributed by atoms with Crippen LogP contribution >= 0.6 is 0 Å². The van der Waals surface area contributed by atoms with Gasteiger partial charge in [0.05, 0.1) is 6.20 Å². The molecule has 4 rings (SSSR count). The minimum Gasteiger partial charge on any atom is -0.352 e. The summed E-state index contributed by atoms with van der Waals surface area (Å²) in [4.78, 5) is 11.3. The molecule has 28 heavy (non-hydrogen) atoms. The molecule has 0 spiro atoms. The van der Waals surface area contributed by atoms with Crippen LogP contribution in [-0.2, 0) is 6.54 Å². The molecule has 0 radical (unpaired) electrons. The summed E-state index contributed by atoms with van der Waals surface area (Å²) in [6.07, 6.45) is 8.10.